The second-order valence-electron chi connectivity index (χ2n) is 10.7. The molecular weight excluding hydrogens is 556 g/mol. The summed E-state index contributed by atoms with van der Waals surface area (Å²) in [4.78, 5) is 18.0. The first-order valence-corrected chi connectivity index (χ1v) is 17.2. The van der Waals surface area contributed by atoms with Crippen molar-refractivity contribution in [3.05, 3.63) is 95.7 Å². The molecule has 0 fully saturated rings. The second-order valence-corrected chi connectivity index (χ2v) is 14.9. The molecule has 0 bridgehead atoms. The summed E-state index contributed by atoms with van der Waals surface area (Å²) in [5.74, 6) is -0.452. The Hall–Kier alpha value is -3.82. The molecule has 0 radical (unpaired) electrons. The Bertz CT molecular complexity index is 1840. The van der Waals surface area contributed by atoms with Crippen molar-refractivity contribution < 1.29 is 21.6 Å². The second kappa shape index (κ2) is 12.0. The lowest BCUT2D eigenvalue weighted by atomic mass is 9.93. The van der Waals surface area contributed by atoms with Crippen LogP contribution < -0.4 is 5.32 Å². The fourth-order valence-electron chi connectivity index (χ4n) is 4.73. The van der Waals surface area contributed by atoms with Gasteiger partial charge in [-0.1, -0.05) is 43.3 Å². The van der Waals surface area contributed by atoms with Gasteiger partial charge in [-0.15, -0.1) is 0 Å². The molecule has 41 heavy (non-hydrogen) atoms. The summed E-state index contributed by atoms with van der Waals surface area (Å²) in [6, 6.07) is 21.7. The monoisotopic (exact) mass is 590 g/mol. The average Bonchev–Trinajstić information content (AvgIpc) is 2.89. The van der Waals surface area contributed by atoms with Gasteiger partial charge in [0, 0.05) is 41.3 Å². The van der Waals surface area contributed by atoms with Crippen LogP contribution in [0, 0.1) is 0 Å². The first-order chi connectivity index (χ1) is 19.2. The van der Waals surface area contributed by atoms with Gasteiger partial charge < -0.3 is 5.32 Å². The van der Waals surface area contributed by atoms with Gasteiger partial charge in [-0.25, -0.2) is 16.8 Å². The molecule has 0 aliphatic carbocycles. The average molecular weight is 591 g/mol. The molecule has 0 aliphatic heterocycles. The van der Waals surface area contributed by atoms with E-state index >= 15 is 0 Å². The zero-order valence-electron chi connectivity index (χ0n) is 23.7. The van der Waals surface area contributed by atoms with E-state index in [2.05, 4.69) is 10.3 Å². The largest absolute Gasteiger partial charge is 0.350 e. The van der Waals surface area contributed by atoms with Crippen molar-refractivity contribution >= 4 is 48.1 Å². The Morgan fingerprint density at radius 3 is 2.24 bits per heavy atom. The summed E-state index contributed by atoms with van der Waals surface area (Å²) in [7, 11) is -6.55. The van der Waals surface area contributed by atoms with Crippen LogP contribution in [0.4, 0.5) is 0 Å². The molecule has 0 saturated carbocycles. The molecule has 214 valence electrons. The van der Waals surface area contributed by atoms with Crippen LogP contribution in [0.3, 0.4) is 0 Å². The third-order valence-electron chi connectivity index (χ3n) is 6.62. The fraction of sp³-hybridized carbons (Fsp3) is 0.250. The minimum Gasteiger partial charge on any atom is -0.350 e. The standard InChI is InChI=1S/C32H34N2O5S2/c1-21(2)34-32(35)30(24-11-13-28(14-12-24)41(5,38)39)17-23-8-6-9-25(16-23)29-19-27(22(3)20-40(4,36)37)18-26-10-7-15-33-31(26)29/h6-19,21-22H,20H2,1-5H3,(H,34,35)/b30-17+. The lowest BCUT2D eigenvalue weighted by molar-refractivity contribution is -0.116. The zero-order chi connectivity index (χ0) is 29.9. The number of nitrogens with one attached hydrogen (secondary N) is 1. The number of aromatic nitrogens is 1. The quantitative estimate of drug-likeness (QED) is 0.203. The number of carbonyl (C=O) groups excluding carboxylic acids is 1. The molecular formula is C32H34N2O5S2. The highest BCUT2D eigenvalue weighted by Crippen LogP contribution is 2.33. The Balaban J connectivity index is 1.84. The molecule has 1 atom stereocenters. The maximum atomic E-state index is 13.2. The highest BCUT2D eigenvalue weighted by atomic mass is 32.2. The van der Waals surface area contributed by atoms with Crippen molar-refractivity contribution in [2.75, 3.05) is 18.3 Å². The van der Waals surface area contributed by atoms with Crippen molar-refractivity contribution in [3.8, 4) is 11.1 Å². The predicted octanol–water partition coefficient (Wildman–Crippen LogP) is 5.52. The van der Waals surface area contributed by atoms with Crippen molar-refractivity contribution in [3.63, 3.8) is 0 Å². The first-order valence-electron chi connectivity index (χ1n) is 13.2. The van der Waals surface area contributed by atoms with E-state index in [4.69, 9.17) is 0 Å². The maximum Gasteiger partial charge on any atom is 0.252 e. The molecule has 1 heterocycles. The molecule has 0 saturated heterocycles. The Morgan fingerprint density at radius 1 is 0.902 bits per heavy atom. The lowest BCUT2D eigenvalue weighted by Crippen LogP contribution is -2.30. The summed E-state index contributed by atoms with van der Waals surface area (Å²) < 4.78 is 47.9. The zero-order valence-corrected chi connectivity index (χ0v) is 25.4. The number of fused-ring (bicyclic) bond motifs is 1. The van der Waals surface area contributed by atoms with Crippen molar-refractivity contribution in [1.29, 1.82) is 0 Å². The summed E-state index contributed by atoms with van der Waals surface area (Å²) in [6.07, 6.45) is 5.89. The number of hydrogen-bond acceptors (Lipinski definition) is 6. The van der Waals surface area contributed by atoms with Gasteiger partial charge in [0.25, 0.3) is 5.91 Å². The summed E-state index contributed by atoms with van der Waals surface area (Å²) >= 11 is 0. The minimum atomic E-state index is -3.38. The van der Waals surface area contributed by atoms with Crippen LogP contribution in [0.15, 0.2) is 83.9 Å². The molecule has 4 rings (SSSR count). The summed E-state index contributed by atoms with van der Waals surface area (Å²) in [5.41, 5.74) is 5.17. The van der Waals surface area contributed by atoms with Crippen LogP contribution in [-0.4, -0.2) is 52.0 Å². The van der Waals surface area contributed by atoms with Crippen molar-refractivity contribution in [2.24, 2.45) is 0 Å². The molecule has 0 spiro atoms. The number of amides is 1. The summed E-state index contributed by atoms with van der Waals surface area (Å²) in [5, 5.41) is 3.84. The number of hydrogen-bond donors (Lipinski definition) is 1. The van der Waals surface area contributed by atoms with Gasteiger partial charge in [-0.2, -0.15) is 0 Å². The van der Waals surface area contributed by atoms with Gasteiger partial charge in [0.05, 0.1) is 16.2 Å². The summed E-state index contributed by atoms with van der Waals surface area (Å²) in [6.45, 7) is 5.65. The van der Waals surface area contributed by atoms with Crippen molar-refractivity contribution in [1.82, 2.24) is 10.3 Å². The van der Waals surface area contributed by atoms with E-state index in [-0.39, 0.29) is 28.5 Å². The minimum absolute atomic E-state index is 0.0351. The van der Waals surface area contributed by atoms with E-state index < -0.39 is 19.7 Å². The number of nitrogens with zero attached hydrogens (tertiary/aromatic N) is 1. The number of sulfone groups is 2. The van der Waals surface area contributed by atoms with E-state index in [1.54, 1.807) is 24.4 Å². The van der Waals surface area contributed by atoms with E-state index in [1.165, 1.54) is 18.4 Å². The van der Waals surface area contributed by atoms with Gasteiger partial charge in [0.2, 0.25) is 0 Å². The van der Waals surface area contributed by atoms with Crippen LogP contribution in [0.5, 0.6) is 0 Å². The molecule has 9 heteroatoms. The molecule has 1 amide bonds. The molecule has 4 aromatic rings. The molecule has 3 aromatic carbocycles. The highest BCUT2D eigenvalue weighted by Gasteiger charge is 2.18. The predicted molar refractivity (Wildman–Crippen MR) is 166 cm³/mol. The highest BCUT2D eigenvalue weighted by molar-refractivity contribution is 7.91. The van der Waals surface area contributed by atoms with Crippen LogP contribution in [0.2, 0.25) is 0 Å². The Morgan fingerprint density at radius 2 is 1.61 bits per heavy atom. The Labute approximate surface area is 242 Å². The number of benzene rings is 3. The van der Waals surface area contributed by atoms with Gasteiger partial charge in [-0.3, -0.25) is 9.78 Å². The lowest BCUT2D eigenvalue weighted by Gasteiger charge is -2.16. The molecule has 7 nitrogen and oxygen atoms in total. The number of carbonyl (C=O) groups is 1. The van der Waals surface area contributed by atoms with Gasteiger partial charge >= 0.3 is 0 Å². The van der Waals surface area contributed by atoms with E-state index in [9.17, 15) is 21.6 Å². The topological polar surface area (TPSA) is 110 Å². The number of pyridine rings is 1. The van der Waals surface area contributed by atoms with Crippen molar-refractivity contribution in [2.45, 2.75) is 37.6 Å². The van der Waals surface area contributed by atoms with Gasteiger partial charge in [0.1, 0.15) is 9.84 Å². The maximum absolute atomic E-state index is 13.2. The smallest absolute Gasteiger partial charge is 0.252 e. The van der Waals surface area contributed by atoms with Crippen LogP contribution >= 0.6 is 0 Å². The van der Waals surface area contributed by atoms with E-state index in [0.29, 0.717) is 11.1 Å². The molecule has 0 aliphatic rings. The molecule has 1 N–H and O–H groups in total. The molecule has 1 unspecified atom stereocenters. The van der Waals surface area contributed by atoms with Crippen LogP contribution in [-0.2, 0) is 24.5 Å². The fourth-order valence-corrected chi connectivity index (χ4v) is 6.47. The normalized spacial score (nSPS) is 13.4. The Kier molecular flexibility index (Phi) is 8.80. The molecule has 1 aromatic heterocycles. The van der Waals surface area contributed by atoms with Gasteiger partial charge in [-0.05, 0) is 84.5 Å². The number of rotatable bonds is 9. The first kappa shape index (κ1) is 30.1. The third-order valence-corrected chi connectivity index (χ3v) is 8.85. The van der Waals surface area contributed by atoms with E-state index in [1.807, 2.05) is 69.3 Å². The van der Waals surface area contributed by atoms with Gasteiger partial charge in [0.15, 0.2) is 9.84 Å². The van der Waals surface area contributed by atoms with E-state index in [0.717, 1.165) is 39.4 Å². The van der Waals surface area contributed by atoms with Crippen LogP contribution in [0.25, 0.3) is 33.7 Å². The third kappa shape index (κ3) is 7.68. The van der Waals surface area contributed by atoms with Crippen LogP contribution in [0.1, 0.15) is 43.4 Å². The SMILES string of the molecule is CC(C)NC(=O)/C(=C/c1cccc(-c2cc(C(C)CS(C)(=O)=O)cc3cccnc23)c1)c1ccc(S(C)(=O)=O)cc1.